The molecule has 0 unspecified atom stereocenters. The van der Waals surface area contributed by atoms with Crippen LogP contribution >= 0.6 is 11.8 Å². The quantitative estimate of drug-likeness (QED) is 0.508. The Morgan fingerprint density at radius 3 is 2.60 bits per heavy atom. The van der Waals surface area contributed by atoms with Crippen molar-refractivity contribution in [2.24, 2.45) is 0 Å². The number of thioether (sulfide) groups is 1. The van der Waals surface area contributed by atoms with E-state index in [-0.39, 0.29) is 0 Å². The third-order valence-corrected chi connectivity index (χ3v) is 4.47. The monoisotopic (exact) mass is 287 g/mol. The fourth-order valence-electron chi connectivity index (χ4n) is 2.30. The summed E-state index contributed by atoms with van der Waals surface area (Å²) in [5.41, 5.74) is 0. The van der Waals surface area contributed by atoms with Crippen molar-refractivity contribution in [1.29, 1.82) is 0 Å². The van der Waals surface area contributed by atoms with Crippen molar-refractivity contribution in [2.75, 3.05) is 18.8 Å². The van der Waals surface area contributed by atoms with Crippen LogP contribution in [0.5, 0.6) is 0 Å². The lowest BCUT2D eigenvalue weighted by atomic mass is 10.1. The Morgan fingerprint density at radius 1 is 0.900 bits per heavy atom. The van der Waals surface area contributed by atoms with Crippen LogP contribution in [-0.2, 0) is 0 Å². The molecule has 0 aliphatic heterocycles. The van der Waals surface area contributed by atoms with Gasteiger partial charge < -0.3 is 5.32 Å². The molecule has 0 spiro atoms. The Morgan fingerprint density at radius 2 is 1.75 bits per heavy atom. The molecule has 0 aromatic heterocycles. The van der Waals surface area contributed by atoms with Crippen molar-refractivity contribution in [1.82, 2.24) is 5.32 Å². The minimum Gasteiger partial charge on any atom is -0.316 e. The maximum absolute atomic E-state index is 3.53. The maximum Gasteiger partial charge on any atom is 0.0106 e. The smallest absolute Gasteiger partial charge is 0.0106 e. The number of rotatable bonds is 9. The zero-order chi connectivity index (χ0) is 14.0. The van der Waals surface area contributed by atoms with Crippen molar-refractivity contribution >= 4 is 22.5 Å². The van der Waals surface area contributed by atoms with Gasteiger partial charge in [-0.1, -0.05) is 56.5 Å². The molecule has 0 radical (unpaired) electrons. The zero-order valence-electron chi connectivity index (χ0n) is 12.4. The summed E-state index contributed by atoms with van der Waals surface area (Å²) >= 11 is 1.94. The summed E-state index contributed by atoms with van der Waals surface area (Å²) in [7, 11) is 0. The Kier molecular flexibility index (Phi) is 6.96. The van der Waals surface area contributed by atoms with Gasteiger partial charge in [-0.25, -0.2) is 0 Å². The van der Waals surface area contributed by atoms with E-state index >= 15 is 0 Å². The summed E-state index contributed by atoms with van der Waals surface area (Å²) in [5.74, 6) is 1.14. The molecular weight excluding hydrogens is 262 g/mol. The van der Waals surface area contributed by atoms with Gasteiger partial charge in [0.1, 0.15) is 0 Å². The average Bonchev–Trinajstić information content (AvgIpc) is 2.50. The molecule has 0 saturated carbocycles. The molecule has 108 valence electrons. The van der Waals surface area contributed by atoms with Gasteiger partial charge >= 0.3 is 0 Å². The van der Waals surface area contributed by atoms with Crippen LogP contribution < -0.4 is 5.32 Å². The minimum absolute atomic E-state index is 1.10. The molecule has 2 rings (SSSR count). The minimum atomic E-state index is 1.10. The van der Waals surface area contributed by atoms with Crippen LogP contribution in [0, 0.1) is 0 Å². The van der Waals surface area contributed by atoms with Gasteiger partial charge in [0.05, 0.1) is 0 Å². The van der Waals surface area contributed by atoms with Crippen LogP contribution in [0.4, 0.5) is 0 Å². The third kappa shape index (κ3) is 5.18. The molecule has 0 atom stereocenters. The molecule has 0 aliphatic carbocycles. The largest absolute Gasteiger partial charge is 0.316 e. The van der Waals surface area contributed by atoms with Crippen LogP contribution in [0.3, 0.4) is 0 Å². The van der Waals surface area contributed by atoms with Gasteiger partial charge in [-0.05, 0) is 35.9 Å². The summed E-state index contributed by atoms with van der Waals surface area (Å²) in [4.78, 5) is 1.37. The second kappa shape index (κ2) is 9.04. The molecule has 1 N–H and O–H groups in total. The van der Waals surface area contributed by atoms with E-state index in [1.54, 1.807) is 0 Å². The lowest BCUT2D eigenvalue weighted by Crippen LogP contribution is -2.18. The Balaban J connectivity index is 1.65. The third-order valence-electron chi connectivity index (χ3n) is 3.48. The van der Waals surface area contributed by atoms with Gasteiger partial charge in [-0.15, -0.1) is 11.8 Å². The summed E-state index contributed by atoms with van der Waals surface area (Å²) in [5, 5.41) is 6.19. The van der Waals surface area contributed by atoms with Gasteiger partial charge in [0, 0.05) is 17.2 Å². The number of unbranched alkanes of at least 4 members (excludes halogenated alkanes) is 3. The SMILES string of the molecule is CCCCCCNCCSc1ccc2ccccc2c1. The van der Waals surface area contributed by atoms with Gasteiger partial charge in [0.2, 0.25) is 0 Å². The number of benzene rings is 2. The molecular formula is C18H25NS. The zero-order valence-corrected chi connectivity index (χ0v) is 13.2. The second-order valence-corrected chi connectivity index (χ2v) is 6.34. The highest BCUT2D eigenvalue weighted by atomic mass is 32.2. The lowest BCUT2D eigenvalue weighted by Gasteiger charge is -2.06. The molecule has 2 aromatic rings. The Hall–Kier alpha value is -0.990. The predicted octanol–water partition coefficient (Wildman–Crippen LogP) is 5.10. The fraction of sp³-hybridized carbons (Fsp3) is 0.444. The molecule has 0 fully saturated rings. The highest BCUT2D eigenvalue weighted by Gasteiger charge is 1.97. The first-order valence-electron chi connectivity index (χ1n) is 7.72. The van der Waals surface area contributed by atoms with E-state index in [0.29, 0.717) is 0 Å². The van der Waals surface area contributed by atoms with Gasteiger partial charge in [-0.3, -0.25) is 0 Å². The second-order valence-electron chi connectivity index (χ2n) is 5.17. The normalized spacial score (nSPS) is 11.1. The van der Waals surface area contributed by atoms with E-state index in [1.165, 1.54) is 41.4 Å². The van der Waals surface area contributed by atoms with Crippen molar-refractivity contribution in [3.8, 4) is 0 Å². The fourth-order valence-corrected chi connectivity index (χ4v) is 3.16. The topological polar surface area (TPSA) is 12.0 Å². The summed E-state index contributed by atoms with van der Waals surface area (Å²) in [6.45, 7) is 4.52. The molecule has 0 heterocycles. The molecule has 2 heteroatoms. The van der Waals surface area contributed by atoms with E-state index in [2.05, 4.69) is 54.7 Å². The Labute approximate surface area is 127 Å². The number of hydrogen-bond donors (Lipinski definition) is 1. The number of hydrogen-bond acceptors (Lipinski definition) is 2. The van der Waals surface area contributed by atoms with Gasteiger partial charge in [0.25, 0.3) is 0 Å². The predicted molar refractivity (Wildman–Crippen MR) is 91.7 cm³/mol. The first kappa shape index (κ1) is 15.4. The lowest BCUT2D eigenvalue weighted by molar-refractivity contribution is 0.613. The van der Waals surface area contributed by atoms with Crippen molar-refractivity contribution in [3.63, 3.8) is 0 Å². The van der Waals surface area contributed by atoms with Crippen molar-refractivity contribution in [2.45, 2.75) is 37.5 Å². The van der Waals surface area contributed by atoms with Crippen molar-refractivity contribution in [3.05, 3.63) is 42.5 Å². The molecule has 0 saturated heterocycles. The van der Waals surface area contributed by atoms with E-state index in [1.807, 2.05) is 11.8 Å². The van der Waals surface area contributed by atoms with Gasteiger partial charge in [-0.2, -0.15) is 0 Å². The Bertz CT molecular complexity index is 509. The van der Waals surface area contributed by atoms with Crippen LogP contribution in [0.1, 0.15) is 32.6 Å². The molecule has 1 nitrogen and oxygen atoms in total. The summed E-state index contributed by atoms with van der Waals surface area (Å²) in [6, 6.07) is 15.3. The average molecular weight is 287 g/mol. The summed E-state index contributed by atoms with van der Waals surface area (Å²) in [6.07, 6.45) is 5.36. The molecule has 0 amide bonds. The van der Waals surface area contributed by atoms with Crippen LogP contribution in [0.2, 0.25) is 0 Å². The number of fused-ring (bicyclic) bond motifs is 1. The highest BCUT2D eigenvalue weighted by Crippen LogP contribution is 2.23. The van der Waals surface area contributed by atoms with Crippen LogP contribution in [0.25, 0.3) is 10.8 Å². The van der Waals surface area contributed by atoms with Crippen LogP contribution in [-0.4, -0.2) is 18.8 Å². The van der Waals surface area contributed by atoms with E-state index < -0.39 is 0 Å². The molecule has 20 heavy (non-hydrogen) atoms. The molecule has 0 aliphatic rings. The molecule has 2 aromatic carbocycles. The number of nitrogens with one attached hydrogen (secondary N) is 1. The van der Waals surface area contributed by atoms with Crippen molar-refractivity contribution < 1.29 is 0 Å². The highest BCUT2D eigenvalue weighted by molar-refractivity contribution is 7.99. The van der Waals surface area contributed by atoms with E-state index in [0.717, 1.165) is 18.8 Å². The first-order chi connectivity index (χ1) is 9.90. The molecule has 0 bridgehead atoms. The summed E-state index contributed by atoms with van der Waals surface area (Å²) < 4.78 is 0. The van der Waals surface area contributed by atoms with E-state index in [9.17, 15) is 0 Å². The maximum atomic E-state index is 3.53. The van der Waals surface area contributed by atoms with Crippen LogP contribution in [0.15, 0.2) is 47.4 Å². The first-order valence-corrected chi connectivity index (χ1v) is 8.71. The standard InChI is InChI=1S/C18H25NS/c1-2-3-4-7-12-19-13-14-20-18-11-10-16-8-5-6-9-17(16)15-18/h5-6,8-11,15,19H,2-4,7,12-14H2,1H3. The van der Waals surface area contributed by atoms with E-state index in [4.69, 9.17) is 0 Å². The van der Waals surface area contributed by atoms with Gasteiger partial charge in [0.15, 0.2) is 0 Å².